The van der Waals surface area contributed by atoms with E-state index in [4.69, 9.17) is 21.7 Å². The van der Waals surface area contributed by atoms with Crippen molar-refractivity contribution in [1.29, 1.82) is 0 Å². The van der Waals surface area contributed by atoms with E-state index in [1.165, 1.54) is 11.8 Å². The Bertz CT molecular complexity index is 705. The minimum absolute atomic E-state index is 0.0775. The third kappa shape index (κ3) is 4.58. The Kier molecular flexibility index (Phi) is 6.82. The second kappa shape index (κ2) is 8.64. The fourth-order valence-electron chi connectivity index (χ4n) is 1.99. The van der Waals surface area contributed by atoms with Crippen molar-refractivity contribution in [2.45, 2.75) is 13.8 Å². The lowest BCUT2D eigenvalue weighted by molar-refractivity contribution is -0.145. The number of nitrogens with zero attached hydrogens (tertiary/aromatic N) is 1. The van der Waals surface area contributed by atoms with Crippen LogP contribution in [0.25, 0.3) is 6.08 Å². The fourth-order valence-corrected chi connectivity index (χ4v) is 3.88. The molecule has 0 atom stereocenters. The molecule has 1 fully saturated rings. The van der Waals surface area contributed by atoms with Crippen LogP contribution in [0.1, 0.15) is 19.4 Å². The SMILES string of the molecule is CCOC(=O)COc1ccc(/C=C2\SC(=S)N(CC)C2=O)cc1Br. The molecule has 0 unspecified atom stereocenters. The van der Waals surface area contributed by atoms with Gasteiger partial charge in [-0.05, 0) is 53.5 Å². The molecular formula is C16H16BrNO4S2. The van der Waals surface area contributed by atoms with E-state index in [1.54, 1.807) is 24.0 Å². The van der Waals surface area contributed by atoms with Crippen molar-refractivity contribution >= 4 is 62.2 Å². The summed E-state index contributed by atoms with van der Waals surface area (Å²) < 4.78 is 11.5. The van der Waals surface area contributed by atoms with Crippen LogP contribution < -0.4 is 4.74 Å². The monoisotopic (exact) mass is 429 g/mol. The van der Waals surface area contributed by atoms with Crippen LogP contribution >= 0.6 is 39.9 Å². The summed E-state index contributed by atoms with van der Waals surface area (Å²) in [5.74, 6) is 0.0317. The van der Waals surface area contributed by atoms with E-state index in [9.17, 15) is 9.59 Å². The van der Waals surface area contributed by atoms with Gasteiger partial charge < -0.3 is 9.47 Å². The van der Waals surface area contributed by atoms with Gasteiger partial charge in [0.1, 0.15) is 10.1 Å². The molecule has 1 aliphatic heterocycles. The molecule has 128 valence electrons. The number of rotatable bonds is 6. The zero-order chi connectivity index (χ0) is 17.7. The number of amides is 1. The molecule has 1 aliphatic rings. The molecule has 5 nitrogen and oxygen atoms in total. The second-order valence-corrected chi connectivity index (χ2v) is 7.24. The molecule has 8 heteroatoms. The van der Waals surface area contributed by atoms with Crippen LogP contribution in [0.2, 0.25) is 0 Å². The summed E-state index contributed by atoms with van der Waals surface area (Å²) in [7, 11) is 0. The number of benzene rings is 1. The van der Waals surface area contributed by atoms with Crippen molar-refractivity contribution in [1.82, 2.24) is 4.90 Å². The first kappa shape index (κ1) is 19.0. The predicted octanol–water partition coefficient (Wildman–Crippen LogP) is 3.61. The molecule has 0 saturated carbocycles. The Hall–Kier alpha value is -1.38. The van der Waals surface area contributed by atoms with Crippen LogP contribution in [0.3, 0.4) is 0 Å². The van der Waals surface area contributed by atoms with Crippen molar-refractivity contribution in [3.63, 3.8) is 0 Å². The molecule has 0 aliphatic carbocycles. The van der Waals surface area contributed by atoms with Gasteiger partial charge in [0.15, 0.2) is 6.61 Å². The van der Waals surface area contributed by atoms with Gasteiger partial charge in [-0.1, -0.05) is 30.0 Å². The number of esters is 1. The first-order chi connectivity index (χ1) is 11.5. The Labute approximate surface area is 158 Å². The molecule has 1 amide bonds. The average Bonchev–Trinajstić information content (AvgIpc) is 2.80. The highest BCUT2D eigenvalue weighted by Gasteiger charge is 2.30. The maximum absolute atomic E-state index is 12.2. The molecular weight excluding hydrogens is 414 g/mol. The number of carbonyl (C=O) groups is 2. The highest BCUT2D eigenvalue weighted by molar-refractivity contribution is 9.10. The Morgan fingerprint density at radius 3 is 2.75 bits per heavy atom. The largest absolute Gasteiger partial charge is 0.481 e. The summed E-state index contributed by atoms with van der Waals surface area (Å²) in [5.41, 5.74) is 0.835. The Morgan fingerprint density at radius 2 is 2.17 bits per heavy atom. The van der Waals surface area contributed by atoms with Crippen molar-refractivity contribution < 1.29 is 19.1 Å². The van der Waals surface area contributed by atoms with E-state index in [0.29, 0.717) is 32.6 Å². The maximum atomic E-state index is 12.2. The van der Waals surface area contributed by atoms with Crippen LogP contribution in [-0.2, 0) is 14.3 Å². The van der Waals surface area contributed by atoms with E-state index < -0.39 is 5.97 Å². The number of hydrogen-bond acceptors (Lipinski definition) is 6. The molecule has 1 heterocycles. The maximum Gasteiger partial charge on any atom is 0.344 e. The summed E-state index contributed by atoms with van der Waals surface area (Å²) >= 11 is 9.89. The minimum atomic E-state index is -0.420. The third-order valence-electron chi connectivity index (χ3n) is 3.09. The molecule has 1 aromatic rings. The summed E-state index contributed by atoms with van der Waals surface area (Å²) in [4.78, 5) is 25.7. The third-order valence-corrected chi connectivity index (χ3v) is 5.09. The normalized spacial score (nSPS) is 16.0. The van der Waals surface area contributed by atoms with Gasteiger partial charge in [0.05, 0.1) is 16.0 Å². The quantitative estimate of drug-likeness (QED) is 0.391. The summed E-state index contributed by atoms with van der Waals surface area (Å²) in [5, 5.41) is 0. The molecule has 1 saturated heterocycles. The molecule has 0 aromatic heterocycles. The fraction of sp³-hybridized carbons (Fsp3) is 0.312. The van der Waals surface area contributed by atoms with Gasteiger partial charge in [-0.25, -0.2) is 4.79 Å². The molecule has 0 N–H and O–H groups in total. The van der Waals surface area contributed by atoms with Gasteiger partial charge in [-0.2, -0.15) is 0 Å². The van der Waals surface area contributed by atoms with Crippen molar-refractivity contribution in [2.75, 3.05) is 19.8 Å². The molecule has 0 radical (unpaired) electrons. The summed E-state index contributed by atoms with van der Waals surface area (Å²) in [6, 6.07) is 5.36. The first-order valence-corrected chi connectivity index (χ1v) is 9.31. The van der Waals surface area contributed by atoms with Gasteiger partial charge in [-0.15, -0.1) is 0 Å². The molecule has 0 spiro atoms. The van der Waals surface area contributed by atoms with Crippen LogP contribution in [0.5, 0.6) is 5.75 Å². The number of thiocarbonyl (C=S) groups is 1. The number of thioether (sulfide) groups is 1. The van der Waals surface area contributed by atoms with E-state index in [1.807, 2.05) is 19.1 Å². The molecule has 24 heavy (non-hydrogen) atoms. The molecule has 2 rings (SSSR count). The highest BCUT2D eigenvalue weighted by atomic mass is 79.9. The summed E-state index contributed by atoms with van der Waals surface area (Å²) in [6.45, 7) is 4.36. The Balaban J connectivity index is 2.10. The predicted molar refractivity (Wildman–Crippen MR) is 102 cm³/mol. The lowest BCUT2D eigenvalue weighted by Crippen LogP contribution is -2.27. The number of carbonyl (C=O) groups excluding carboxylic acids is 2. The zero-order valence-corrected chi connectivity index (χ0v) is 16.4. The van der Waals surface area contributed by atoms with Crippen molar-refractivity contribution in [2.24, 2.45) is 0 Å². The highest BCUT2D eigenvalue weighted by Crippen LogP contribution is 2.33. The smallest absolute Gasteiger partial charge is 0.344 e. The van der Waals surface area contributed by atoms with E-state index in [2.05, 4.69) is 15.9 Å². The van der Waals surface area contributed by atoms with Crippen LogP contribution in [0.15, 0.2) is 27.6 Å². The van der Waals surface area contributed by atoms with Gasteiger partial charge in [-0.3, -0.25) is 9.69 Å². The van der Waals surface area contributed by atoms with Crippen LogP contribution in [-0.4, -0.2) is 40.9 Å². The number of halogens is 1. The first-order valence-electron chi connectivity index (χ1n) is 7.29. The number of likely N-dealkylation sites (N-methyl/N-ethyl adjacent to an activating group) is 1. The minimum Gasteiger partial charge on any atom is -0.481 e. The average molecular weight is 430 g/mol. The Morgan fingerprint density at radius 1 is 1.42 bits per heavy atom. The van der Waals surface area contributed by atoms with Gasteiger partial charge >= 0.3 is 5.97 Å². The van der Waals surface area contributed by atoms with Gasteiger partial charge in [0.2, 0.25) is 0 Å². The standard InChI is InChI=1S/C16H16BrNO4S2/c1-3-18-15(20)13(24-16(18)23)8-10-5-6-12(11(17)7-10)22-9-14(19)21-4-2/h5-8H,3-4,9H2,1-2H3/b13-8-. The number of ether oxygens (including phenoxy) is 2. The van der Waals surface area contributed by atoms with Crippen molar-refractivity contribution in [3.8, 4) is 5.75 Å². The number of hydrogen-bond donors (Lipinski definition) is 0. The van der Waals surface area contributed by atoms with Gasteiger partial charge in [0, 0.05) is 6.54 Å². The van der Waals surface area contributed by atoms with E-state index >= 15 is 0 Å². The zero-order valence-electron chi connectivity index (χ0n) is 13.2. The van der Waals surface area contributed by atoms with Crippen LogP contribution in [0, 0.1) is 0 Å². The second-order valence-electron chi connectivity index (χ2n) is 4.71. The van der Waals surface area contributed by atoms with E-state index in [-0.39, 0.29) is 12.5 Å². The molecule has 1 aromatic carbocycles. The lowest BCUT2D eigenvalue weighted by Gasteiger charge is -2.10. The summed E-state index contributed by atoms with van der Waals surface area (Å²) in [6.07, 6.45) is 1.79. The lowest BCUT2D eigenvalue weighted by atomic mass is 10.2. The van der Waals surface area contributed by atoms with Gasteiger partial charge in [0.25, 0.3) is 5.91 Å². The molecule has 0 bridgehead atoms. The van der Waals surface area contributed by atoms with Crippen molar-refractivity contribution in [3.05, 3.63) is 33.1 Å². The van der Waals surface area contributed by atoms with Crippen LogP contribution in [0.4, 0.5) is 0 Å². The topological polar surface area (TPSA) is 55.8 Å². The van der Waals surface area contributed by atoms with E-state index in [0.717, 1.165) is 5.56 Å².